The van der Waals surface area contributed by atoms with Crippen LogP contribution in [0.3, 0.4) is 0 Å². The second-order valence-corrected chi connectivity index (χ2v) is 5.18. The molecule has 7 heteroatoms. The third-order valence-electron chi connectivity index (χ3n) is 2.43. The highest BCUT2D eigenvalue weighted by atomic mass is 127. The monoisotopic (exact) mass is 371 g/mol. The van der Waals surface area contributed by atoms with Crippen molar-refractivity contribution in [2.75, 3.05) is 11.9 Å². The third-order valence-corrected chi connectivity index (χ3v) is 3.17. The Labute approximate surface area is 124 Å². The van der Waals surface area contributed by atoms with E-state index in [9.17, 15) is 4.79 Å². The van der Waals surface area contributed by atoms with Crippen LogP contribution in [-0.4, -0.2) is 26.1 Å². The van der Waals surface area contributed by atoms with Crippen molar-refractivity contribution in [1.82, 2.24) is 19.5 Å². The lowest BCUT2D eigenvalue weighted by atomic mass is 10.4. The van der Waals surface area contributed by atoms with Gasteiger partial charge in [-0.15, -0.1) is 0 Å². The second kappa shape index (κ2) is 6.09. The molecule has 0 amide bonds. The minimum absolute atomic E-state index is 0.0780. The molecule has 2 aromatic rings. The van der Waals surface area contributed by atoms with E-state index < -0.39 is 0 Å². The van der Waals surface area contributed by atoms with Crippen LogP contribution in [0.25, 0.3) is 0 Å². The maximum Gasteiger partial charge on any atom is 0.267 e. The van der Waals surface area contributed by atoms with E-state index in [-0.39, 0.29) is 5.56 Å². The first-order valence-corrected chi connectivity index (χ1v) is 6.96. The average Bonchev–Trinajstić information content (AvgIpc) is 2.35. The Morgan fingerprint density at radius 1 is 1.42 bits per heavy atom. The number of halogens is 1. The summed E-state index contributed by atoms with van der Waals surface area (Å²) in [7, 11) is 0. The van der Waals surface area contributed by atoms with Gasteiger partial charge in [-0.1, -0.05) is 0 Å². The maximum absolute atomic E-state index is 11.9. The summed E-state index contributed by atoms with van der Waals surface area (Å²) in [6.07, 6.45) is 3.05. The molecular weight excluding hydrogens is 357 g/mol. The zero-order valence-electron chi connectivity index (χ0n) is 10.7. The van der Waals surface area contributed by atoms with Crippen LogP contribution in [0.5, 0.6) is 0 Å². The van der Waals surface area contributed by atoms with Gasteiger partial charge in [0.2, 0.25) is 0 Å². The summed E-state index contributed by atoms with van der Waals surface area (Å²) in [6.45, 7) is 5.02. The van der Waals surface area contributed by atoms with Crippen LogP contribution >= 0.6 is 22.6 Å². The summed E-state index contributed by atoms with van der Waals surface area (Å²) in [5.41, 5.74) is 0.790. The minimum atomic E-state index is -0.0780. The Bertz CT molecular complexity index is 640. The van der Waals surface area contributed by atoms with Gasteiger partial charge in [0, 0.05) is 24.5 Å². The predicted octanol–water partition coefficient (Wildman–Crippen LogP) is 1.43. The van der Waals surface area contributed by atoms with Gasteiger partial charge in [0.05, 0.1) is 16.4 Å². The van der Waals surface area contributed by atoms with Crippen LogP contribution in [0.2, 0.25) is 0 Å². The van der Waals surface area contributed by atoms with E-state index in [1.807, 2.05) is 42.5 Å². The number of rotatable bonds is 4. The zero-order chi connectivity index (χ0) is 13.8. The molecule has 0 radical (unpaired) electrons. The molecule has 0 saturated heterocycles. The van der Waals surface area contributed by atoms with E-state index in [4.69, 9.17) is 0 Å². The number of aromatic nitrogens is 4. The van der Waals surface area contributed by atoms with E-state index in [1.165, 1.54) is 10.9 Å². The highest BCUT2D eigenvalue weighted by molar-refractivity contribution is 14.1. The molecule has 0 saturated carbocycles. The summed E-state index contributed by atoms with van der Waals surface area (Å²) < 4.78 is 2.09. The van der Waals surface area contributed by atoms with Crippen LogP contribution in [0.1, 0.15) is 18.4 Å². The first-order chi connectivity index (χ1) is 9.10. The lowest BCUT2D eigenvalue weighted by Gasteiger charge is -2.08. The summed E-state index contributed by atoms with van der Waals surface area (Å²) in [6, 6.07) is 1.88. The van der Waals surface area contributed by atoms with Crippen LogP contribution < -0.4 is 10.9 Å². The van der Waals surface area contributed by atoms with E-state index in [2.05, 4.69) is 20.3 Å². The molecule has 1 N–H and O–H groups in total. The van der Waals surface area contributed by atoms with Gasteiger partial charge in [-0.3, -0.25) is 9.36 Å². The molecular formula is C12H14IN5O. The highest BCUT2D eigenvalue weighted by Gasteiger charge is 2.06. The van der Waals surface area contributed by atoms with Crippen molar-refractivity contribution in [3.8, 4) is 0 Å². The minimum Gasteiger partial charge on any atom is -0.370 e. The van der Waals surface area contributed by atoms with Crippen molar-refractivity contribution < 1.29 is 0 Å². The molecule has 0 spiro atoms. The number of nitrogens with zero attached hydrogens (tertiary/aromatic N) is 4. The molecule has 0 aliphatic rings. The van der Waals surface area contributed by atoms with Crippen LogP contribution in [0.4, 0.5) is 5.82 Å². The Morgan fingerprint density at radius 3 is 2.95 bits per heavy atom. The standard InChI is InChI=1S/C12H14IN5O/c1-3-15-10-4-8(2)16-11(17-10)6-18-7-14-5-9(13)12(18)19/h4-5,7H,3,6H2,1-2H3,(H,15,16,17). The SMILES string of the molecule is CCNc1cc(C)nc(Cn2cncc(I)c2=O)n1. The molecule has 2 heterocycles. The second-order valence-electron chi connectivity index (χ2n) is 4.02. The molecule has 6 nitrogen and oxygen atoms in total. The van der Waals surface area contributed by atoms with Gasteiger partial charge < -0.3 is 5.32 Å². The van der Waals surface area contributed by atoms with Gasteiger partial charge in [0.1, 0.15) is 5.82 Å². The fourth-order valence-electron chi connectivity index (χ4n) is 1.66. The number of aryl methyl sites for hydroxylation is 1. The van der Waals surface area contributed by atoms with Gasteiger partial charge in [-0.25, -0.2) is 15.0 Å². The molecule has 0 aliphatic carbocycles. The van der Waals surface area contributed by atoms with Crippen molar-refractivity contribution in [1.29, 1.82) is 0 Å². The molecule has 0 fully saturated rings. The fraction of sp³-hybridized carbons (Fsp3) is 0.333. The summed E-state index contributed by atoms with van der Waals surface area (Å²) in [4.78, 5) is 24.6. The van der Waals surface area contributed by atoms with E-state index >= 15 is 0 Å². The molecule has 0 aliphatic heterocycles. The Morgan fingerprint density at radius 2 is 2.21 bits per heavy atom. The lowest BCUT2D eigenvalue weighted by molar-refractivity contribution is 0.690. The predicted molar refractivity (Wildman–Crippen MR) is 81.2 cm³/mol. The summed E-state index contributed by atoms with van der Waals surface area (Å²) in [5, 5.41) is 3.14. The van der Waals surface area contributed by atoms with E-state index in [0.29, 0.717) is 15.9 Å². The molecule has 0 aromatic carbocycles. The Hall–Kier alpha value is -1.51. The van der Waals surface area contributed by atoms with Crippen molar-refractivity contribution in [2.24, 2.45) is 0 Å². The van der Waals surface area contributed by atoms with Gasteiger partial charge in [-0.05, 0) is 36.4 Å². The normalized spacial score (nSPS) is 10.5. The van der Waals surface area contributed by atoms with Gasteiger partial charge >= 0.3 is 0 Å². The molecule has 2 rings (SSSR count). The Balaban J connectivity index is 2.32. The Kier molecular flexibility index (Phi) is 4.46. The molecule has 0 atom stereocenters. The summed E-state index contributed by atoms with van der Waals surface area (Å²) >= 11 is 1.97. The average molecular weight is 371 g/mol. The molecule has 100 valence electrons. The molecule has 19 heavy (non-hydrogen) atoms. The van der Waals surface area contributed by atoms with Crippen molar-refractivity contribution >= 4 is 28.4 Å². The lowest BCUT2D eigenvalue weighted by Crippen LogP contribution is -2.24. The topological polar surface area (TPSA) is 72.7 Å². The van der Waals surface area contributed by atoms with Crippen LogP contribution in [0, 0.1) is 10.5 Å². The van der Waals surface area contributed by atoms with Gasteiger partial charge in [-0.2, -0.15) is 0 Å². The van der Waals surface area contributed by atoms with Crippen molar-refractivity contribution in [2.45, 2.75) is 20.4 Å². The number of nitrogens with one attached hydrogen (secondary N) is 1. The first-order valence-electron chi connectivity index (χ1n) is 5.88. The molecule has 2 aromatic heterocycles. The van der Waals surface area contributed by atoms with Crippen LogP contribution in [0.15, 0.2) is 23.4 Å². The van der Waals surface area contributed by atoms with Crippen molar-refractivity contribution in [3.63, 3.8) is 0 Å². The highest BCUT2D eigenvalue weighted by Crippen LogP contribution is 2.06. The van der Waals surface area contributed by atoms with Gasteiger partial charge in [0.25, 0.3) is 5.56 Å². The van der Waals surface area contributed by atoms with Crippen molar-refractivity contribution in [3.05, 3.63) is 44.0 Å². The van der Waals surface area contributed by atoms with E-state index in [0.717, 1.165) is 18.1 Å². The maximum atomic E-state index is 11.9. The third kappa shape index (κ3) is 3.49. The quantitative estimate of drug-likeness (QED) is 0.824. The molecule has 0 bridgehead atoms. The number of hydrogen-bond donors (Lipinski definition) is 1. The first kappa shape index (κ1) is 13.9. The number of anilines is 1. The smallest absolute Gasteiger partial charge is 0.267 e. The molecule has 0 unspecified atom stereocenters. The zero-order valence-corrected chi connectivity index (χ0v) is 12.9. The van der Waals surface area contributed by atoms with Gasteiger partial charge in [0.15, 0.2) is 5.82 Å². The van der Waals surface area contributed by atoms with E-state index in [1.54, 1.807) is 6.20 Å². The number of hydrogen-bond acceptors (Lipinski definition) is 5. The fourth-order valence-corrected chi connectivity index (χ4v) is 2.13. The summed E-state index contributed by atoms with van der Waals surface area (Å²) in [5.74, 6) is 1.37. The van der Waals surface area contributed by atoms with Crippen LogP contribution in [-0.2, 0) is 6.54 Å². The largest absolute Gasteiger partial charge is 0.370 e.